The van der Waals surface area contributed by atoms with Crippen LogP contribution in [0.15, 0.2) is 23.2 Å². The summed E-state index contributed by atoms with van der Waals surface area (Å²) in [7, 11) is 1.40. The van der Waals surface area contributed by atoms with E-state index in [2.05, 4.69) is 15.6 Å². The van der Waals surface area contributed by atoms with Gasteiger partial charge in [0.05, 0.1) is 11.8 Å². The number of rotatable bonds is 5. The Balaban J connectivity index is 1.32. The van der Waals surface area contributed by atoms with Crippen molar-refractivity contribution in [1.29, 1.82) is 0 Å². The van der Waals surface area contributed by atoms with Gasteiger partial charge in [0.2, 0.25) is 11.8 Å². The minimum Gasteiger partial charge on any atom is -0.355 e. The van der Waals surface area contributed by atoms with Crippen molar-refractivity contribution in [2.24, 2.45) is 28.7 Å². The predicted octanol–water partition coefficient (Wildman–Crippen LogP) is 1.72. The lowest BCUT2D eigenvalue weighted by atomic mass is 9.85. The molecule has 4 rings (SSSR count). The van der Waals surface area contributed by atoms with Crippen molar-refractivity contribution < 1.29 is 27.2 Å². The fraction of sp³-hybridized carbons (Fsp3) is 0.450. The van der Waals surface area contributed by atoms with E-state index in [0.29, 0.717) is 0 Å². The molecule has 1 saturated heterocycles. The summed E-state index contributed by atoms with van der Waals surface area (Å²) < 4.78 is 54.1. The van der Waals surface area contributed by atoms with Gasteiger partial charge in [-0.05, 0) is 18.3 Å². The van der Waals surface area contributed by atoms with Gasteiger partial charge in [0.25, 0.3) is 0 Å². The van der Waals surface area contributed by atoms with Crippen LogP contribution >= 0.6 is 0 Å². The van der Waals surface area contributed by atoms with Gasteiger partial charge in [-0.2, -0.15) is 0 Å². The van der Waals surface area contributed by atoms with Gasteiger partial charge in [0.15, 0.2) is 29.2 Å². The molecule has 2 aliphatic carbocycles. The van der Waals surface area contributed by atoms with Crippen molar-refractivity contribution in [1.82, 2.24) is 15.5 Å². The predicted molar refractivity (Wildman–Crippen MR) is 98.9 cm³/mol. The smallest absolute Gasteiger partial charge is 0.233 e. The van der Waals surface area contributed by atoms with Gasteiger partial charge in [-0.3, -0.25) is 19.5 Å². The Labute approximate surface area is 170 Å². The second-order valence-corrected chi connectivity index (χ2v) is 7.63. The van der Waals surface area contributed by atoms with Gasteiger partial charge >= 0.3 is 0 Å². The molecule has 6 nitrogen and oxygen atoms in total. The van der Waals surface area contributed by atoms with Gasteiger partial charge < -0.3 is 10.6 Å². The first-order valence-corrected chi connectivity index (χ1v) is 9.63. The SMILES string of the molecule is CN=C(NCCN1C(=O)C2C3C=CC(C3)C2C1=O)NCc1c(F)c(F)cc(F)c1F. The fourth-order valence-electron chi connectivity index (χ4n) is 4.64. The Morgan fingerprint density at radius 2 is 1.60 bits per heavy atom. The highest BCUT2D eigenvalue weighted by Crippen LogP contribution is 2.52. The maximum absolute atomic E-state index is 13.8. The molecule has 1 saturated carbocycles. The van der Waals surface area contributed by atoms with Crippen LogP contribution in [0.25, 0.3) is 0 Å². The number of halogens is 4. The van der Waals surface area contributed by atoms with Gasteiger partial charge in [-0.1, -0.05) is 12.2 Å². The molecule has 0 aromatic heterocycles. The number of nitrogens with one attached hydrogen (secondary N) is 2. The minimum absolute atomic E-state index is 0.0968. The number of amides is 2. The lowest BCUT2D eigenvalue weighted by molar-refractivity contribution is -0.140. The van der Waals surface area contributed by atoms with E-state index in [1.165, 1.54) is 11.9 Å². The van der Waals surface area contributed by atoms with E-state index in [4.69, 9.17) is 0 Å². The van der Waals surface area contributed by atoms with Gasteiger partial charge in [0, 0.05) is 38.3 Å². The average Bonchev–Trinajstić information content (AvgIpc) is 3.40. The summed E-state index contributed by atoms with van der Waals surface area (Å²) in [6, 6.07) is 0.141. The van der Waals surface area contributed by atoms with Gasteiger partial charge in [-0.25, -0.2) is 17.6 Å². The van der Waals surface area contributed by atoms with Crippen LogP contribution in [0.2, 0.25) is 0 Å². The normalized spacial score (nSPS) is 27.2. The molecule has 1 heterocycles. The first-order valence-electron chi connectivity index (χ1n) is 9.63. The molecular formula is C20H20F4N4O2. The average molecular weight is 424 g/mol. The van der Waals surface area contributed by atoms with E-state index >= 15 is 0 Å². The zero-order valence-corrected chi connectivity index (χ0v) is 16.1. The molecule has 1 aromatic rings. The zero-order chi connectivity index (χ0) is 21.6. The molecule has 10 heteroatoms. The van der Waals surface area contributed by atoms with E-state index in [1.807, 2.05) is 12.2 Å². The zero-order valence-electron chi connectivity index (χ0n) is 16.1. The van der Waals surface area contributed by atoms with Crippen LogP contribution in [0.3, 0.4) is 0 Å². The molecule has 4 atom stereocenters. The van der Waals surface area contributed by atoms with Gasteiger partial charge in [0.1, 0.15) is 0 Å². The second kappa shape index (κ2) is 7.73. The molecule has 1 aliphatic heterocycles. The Bertz CT molecular complexity index is 908. The number of nitrogens with zero attached hydrogens (tertiary/aromatic N) is 2. The molecular weight excluding hydrogens is 404 g/mol. The number of benzene rings is 1. The molecule has 2 fully saturated rings. The summed E-state index contributed by atoms with van der Waals surface area (Å²) in [6.45, 7) is -0.281. The van der Waals surface area contributed by atoms with Crippen LogP contribution in [0.1, 0.15) is 12.0 Å². The van der Waals surface area contributed by atoms with Crippen molar-refractivity contribution in [3.63, 3.8) is 0 Å². The number of carbonyl (C=O) groups is 2. The first-order chi connectivity index (χ1) is 14.3. The Kier molecular flexibility index (Phi) is 5.25. The number of fused-ring (bicyclic) bond motifs is 5. The van der Waals surface area contributed by atoms with E-state index in [1.54, 1.807) is 0 Å². The van der Waals surface area contributed by atoms with Crippen LogP contribution in [-0.4, -0.2) is 42.8 Å². The molecule has 0 radical (unpaired) electrons. The summed E-state index contributed by atoms with van der Waals surface area (Å²) in [6.07, 6.45) is 4.87. The molecule has 1 aromatic carbocycles. The monoisotopic (exact) mass is 424 g/mol. The van der Waals surface area contributed by atoms with Crippen LogP contribution < -0.4 is 10.6 Å². The topological polar surface area (TPSA) is 73.8 Å². The lowest BCUT2D eigenvalue weighted by Gasteiger charge is -2.19. The highest BCUT2D eigenvalue weighted by Gasteiger charge is 2.58. The number of guanidine groups is 1. The summed E-state index contributed by atoms with van der Waals surface area (Å²) >= 11 is 0. The third-order valence-corrected chi connectivity index (χ3v) is 6.05. The standard InChI is InChI=1S/C20H20F4N4O2/c1-25-20(27-8-11-16(23)12(21)7-13(22)17(11)24)26-4-5-28-18(29)14-9-2-3-10(6-9)15(14)19(28)30/h2-3,7,9-10,14-15H,4-6,8H2,1H3,(H2,25,26,27). The summed E-state index contributed by atoms with van der Waals surface area (Å²) in [5.74, 6) is -6.52. The summed E-state index contributed by atoms with van der Waals surface area (Å²) in [5.41, 5.74) is -0.795. The lowest BCUT2D eigenvalue weighted by Crippen LogP contribution is -2.43. The molecule has 30 heavy (non-hydrogen) atoms. The van der Waals surface area contributed by atoms with Gasteiger partial charge in [-0.15, -0.1) is 0 Å². The van der Waals surface area contributed by atoms with E-state index in [9.17, 15) is 27.2 Å². The number of hydrogen-bond donors (Lipinski definition) is 2. The maximum atomic E-state index is 13.8. The molecule has 3 aliphatic rings. The maximum Gasteiger partial charge on any atom is 0.233 e. The van der Waals surface area contributed by atoms with Crippen LogP contribution in [0.5, 0.6) is 0 Å². The molecule has 160 valence electrons. The Morgan fingerprint density at radius 1 is 1.03 bits per heavy atom. The van der Waals surface area contributed by atoms with E-state index in [-0.39, 0.29) is 60.6 Å². The molecule has 0 spiro atoms. The van der Waals surface area contributed by atoms with Crippen molar-refractivity contribution in [3.8, 4) is 0 Å². The molecule has 2 amide bonds. The summed E-state index contributed by atoms with van der Waals surface area (Å²) in [4.78, 5) is 30.4. The van der Waals surface area contributed by atoms with E-state index < -0.39 is 35.4 Å². The Morgan fingerprint density at radius 3 is 2.13 bits per heavy atom. The number of likely N-dealkylation sites (tertiary alicyclic amines) is 1. The highest BCUT2D eigenvalue weighted by molar-refractivity contribution is 6.06. The first kappa shape index (κ1) is 20.4. The van der Waals surface area contributed by atoms with Crippen molar-refractivity contribution in [2.45, 2.75) is 13.0 Å². The van der Waals surface area contributed by atoms with Crippen molar-refractivity contribution in [2.75, 3.05) is 20.1 Å². The number of aliphatic imine (C=N–C) groups is 1. The quantitative estimate of drug-likeness (QED) is 0.189. The summed E-state index contributed by atoms with van der Waals surface area (Å²) in [5, 5.41) is 5.39. The number of carbonyl (C=O) groups excluding carboxylic acids is 2. The second-order valence-electron chi connectivity index (χ2n) is 7.63. The largest absolute Gasteiger partial charge is 0.355 e. The Hall–Kier alpha value is -2.91. The number of imide groups is 1. The molecule has 4 unspecified atom stereocenters. The fourth-order valence-corrected chi connectivity index (χ4v) is 4.64. The minimum atomic E-state index is -1.49. The molecule has 2 N–H and O–H groups in total. The molecule has 2 bridgehead atoms. The highest BCUT2D eigenvalue weighted by atomic mass is 19.2. The van der Waals surface area contributed by atoms with Crippen LogP contribution in [-0.2, 0) is 16.1 Å². The third-order valence-electron chi connectivity index (χ3n) is 6.05. The van der Waals surface area contributed by atoms with E-state index in [0.717, 1.165) is 6.42 Å². The number of hydrogen-bond acceptors (Lipinski definition) is 3. The van der Waals surface area contributed by atoms with Crippen molar-refractivity contribution in [3.05, 3.63) is 47.1 Å². The third kappa shape index (κ3) is 3.23. The van der Waals surface area contributed by atoms with Crippen molar-refractivity contribution >= 4 is 17.8 Å². The van der Waals surface area contributed by atoms with Crippen LogP contribution in [0, 0.1) is 46.9 Å². The van der Waals surface area contributed by atoms with Crippen LogP contribution in [0.4, 0.5) is 17.6 Å². The number of allylic oxidation sites excluding steroid dienone is 2.